The fourth-order valence-corrected chi connectivity index (χ4v) is 9.91. The Hall–Kier alpha value is -7.19. The van der Waals surface area contributed by atoms with Crippen LogP contribution < -0.4 is 26.4 Å². The molecule has 0 fully saturated rings. The highest BCUT2D eigenvalue weighted by Gasteiger charge is 2.47. The summed E-state index contributed by atoms with van der Waals surface area (Å²) in [6.45, 7) is 0.916. The molecule has 0 saturated carbocycles. The average Bonchev–Trinajstić information content (AvgIpc) is 3.94. The first-order valence-electron chi connectivity index (χ1n) is 22.0. The smallest absolute Gasteiger partial charge is 0.194 e. The topological polar surface area (TPSA) is 3.88 Å². The molecule has 0 bridgehead atoms. The molecule has 0 aliphatic heterocycles. The fraction of sp³-hybridized carbons (Fsp3) is 0.173. The summed E-state index contributed by atoms with van der Waals surface area (Å²) >= 11 is 1.82. The van der Waals surface area contributed by atoms with Crippen LogP contribution in [0.25, 0.3) is 21.3 Å². The molecule has 0 amide bonds. The van der Waals surface area contributed by atoms with Crippen molar-refractivity contribution >= 4 is 49.6 Å². The molecule has 7 aromatic carbocycles. The van der Waals surface area contributed by atoms with Crippen molar-refractivity contribution in [1.29, 1.82) is 0 Å². The van der Waals surface area contributed by atoms with Gasteiger partial charge < -0.3 is 0 Å². The van der Waals surface area contributed by atoms with Crippen molar-refractivity contribution in [2.75, 3.05) is 0 Å². The van der Waals surface area contributed by atoms with Gasteiger partial charge in [-0.3, -0.25) is 0 Å². The van der Waals surface area contributed by atoms with Gasteiger partial charge in [0.15, 0.2) is 6.54 Å². The third-order valence-electron chi connectivity index (χ3n) is 12.3. The minimum atomic E-state index is -6.13. The zero-order valence-corrected chi connectivity index (χ0v) is 39.5. The Morgan fingerprint density at radius 3 is 0.873 bits per heavy atom. The van der Waals surface area contributed by atoms with E-state index in [2.05, 4.69) is 88.9 Å². The second kappa shape index (κ2) is 20.8. The van der Waals surface area contributed by atoms with E-state index in [4.69, 9.17) is 0 Å². The molecule has 0 spiro atoms. The van der Waals surface area contributed by atoms with Gasteiger partial charge in [0.2, 0.25) is 11.0 Å². The van der Waals surface area contributed by atoms with Crippen LogP contribution in [0.5, 0.6) is 0 Å². The number of rotatable bonds is 7. The third-order valence-corrected chi connectivity index (χ3v) is 13.3. The number of hydrogen-bond acceptors (Lipinski definition) is 1. The molecule has 0 atom stereocenters. The molecular weight excluding hydrogens is 1140 g/mol. The second-order valence-electron chi connectivity index (χ2n) is 17.6. The number of alkyl halides is 24. The molecule has 8 aromatic rings. The maximum atomic E-state index is 14.2. The predicted octanol–water partition coefficient (Wildman–Crippen LogP) is 16.1. The summed E-state index contributed by atoms with van der Waals surface area (Å²) in [4.78, 5) is 0. The fourth-order valence-electron chi connectivity index (χ4n) is 8.87. The van der Waals surface area contributed by atoms with Gasteiger partial charge in [-0.2, -0.15) is 132 Å². The lowest BCUT2D eigenvalue weighted by molar-refractivity contribution is -0.658. The maximum Gasteiger partial charge on any atom is 0.416 e. The Morgan fingerprint density at radius 2 is 0.595 bits per heavy atom. The molecule has 0 aliphatic carbocycles. The predicted molar refractivity (Wildman–Crippen MR) is 243 cm³/mol. The van der Waals surface area contributed by atoms with Gasteiger partial charge in [-0.1, -0.05) is 133 Å². The molecule has 0 N–H and O–H groups in total. The minimum Gasteiger partial charge on any atom is -0.194 e. The number of fused-ring (bicyclic) bond motifs is 1. The molecule has 8 rings (SSSR count). The first-order valence-corrected chi connectivity index (χ1v) is 22.9. The van der Waals surface area contributed by atoms with Crippen LogP contribution in [0.3, 0.4) is 0 Å². The van der Waals surface area contributed by atoms with Crippen molar-refractivity contribution in [2.45, 2.75) is 56.0 Å². The lowest BCUT2D eigenvalue weighted by Gasteiger charge is -2.46. The summed E-state index contributed by atoms with van der Waals surface area (Å²) in [6, 6.07) is 19.0. The summed E-state index contributed by atoms with van der Waals surface area (Å²) in [6.07, 6.45) is -54.8. The molecule has 79 heavy (non-hydrogen) atoms. The molecule has 1 heterocycles. The lowest BCUT2D eigenvalue weighted by Crippen LogP contribution is -2.75. The van der Waals surface area contributed by atoms with Gasteiger partial charge >= 0.3 is 49.4 Å². The van der Waals surface area contributed by atoms with Crippen LogP contribution in [0.1, 0.15) is 50.1 Å². The molecule has 0 saturated heterocycles. The van der Waals surface area contributed by atoms with E-state index in [1.165, 1.54) is 26.9 Å². The van der Waals surface area contributed by atoms with E-state index in [0.29, 0.717) is 0 Å². The molecule has 27 heteroatoms. The Labute approximate surface area is 432 Å². The standard InChI is InChI=1S/C32H12BF24.C20H16NS/c34-25(35,36)13-1-14(26(37,38)39)6-21(5-13)33(22-7-15(27(40,41)42)2-16(8-22)28(43,44)45,23-9-17(29(46,47)48)3-18(10-23)30(49,50)51)24-11-19(31(52,53)54)4-20(12-24)32(55,56)57;1-3-8-16(9-4-1)14-21-15-22-20-18(12-7-13-19(20)21)17-10-5-2-6-11-17/h1-12H;1-13,15H,14H2/q-1;+1. The van der Waals surface area contributed by atoms with Crippen molar-refractivity contribution in [3.05, 3.63) is 207 Å². The molecule has 0 radical (unpaired) electrons. The monoisotopic (exact) mass is 1170 g/mol. The highest BCUT2D eigenvalue weighted by atomic mass is 32.1. The summed E-state index contributed by atoms with van der Waals surface area (Å²) in [5.41, 5.74) is -22.8. The van der Waals surface area contributed by atoms with E-state index in [-0.39, 0.29) is 0 Å². The summed E-state index contributed by atoms with van der Waals surface area (Å²) in [5, 5.41) is 0. The first kappa shape index (κ1) is 59.5. The van der Waals surface area contributed by atoms with E-state index >= 15 is 0 Å². The van der Waals surface area contributed by atoms with Gasteiger partial charge in [-0.25, -0.2) is 0 Å². The number of halogens is 24. The Morgan fingerprint density at radius 1 is 0.316 bits per heavy atom. The highest BCUT2D eigenvalue weighted by molar-refractivity contribution is 7.20. The molecule has 418 valence electrons. The van der Waals surface area contributed by atoms with E-state index in [1.54, 1.807) is 0 Å². The van der Waals surface area contributed by atoms with Crippen LogP contribution >= 0.6 is 11.3 Å². The van der Waals surface area contributed by atoms with Crippen molar-refractivity contribution in [3.63, 3.8) is 0 Å². The largest absolute Gasteiger partial charge is 0.416 e. The Kier molecular flexibility index (Phi) is 15.7. The SMILES string of the molecule is FC(F)(F)c1cc([B-](c2cc(C(F)(F)F)cc(C(F)(F)F)c2)(c2cc(C(F)(F)F)cc(C(F)(F)F)c2)c2cc(C(F)(F)F)cc(C(F)(F)F)c2)cc(C(F)(F)F)c1.c1ccc(C[n+]2csc3c(-c4ccccc4)cccc32)cc1. The van der Waals surface area contributed by atoms with Gasteiger partial charge in [0.25, 0.3) is 0 Å². The van der Waals surface area contributed by atoms with Gasteiger partial charge in [-0.05, 0) is 29.8 Å². The van der Waals surface area contributed by atoms with Crippen molar-refractivity contribution in [1.82, 2.24) is 0 Å². The highest BCUT2D eigenvalue weighted by Crippen LogP contribution is 2.42. The molecule has 0 aliphatic rings. The number of nitrogens with zero attached hydrogens (tertiary/aromatic N) is 1. The summed E-state index contributed by atoms with van der Waals surface area (Å²) in [7, 11) is 0. The maximum absolute atomic E-state index is 14.2. The molecular formula is C52H28BF24NS. The van der Waals surface area contributed by atoms with Crippen molar-refractivity contribution in [3.8, 4) is 11.1 Å². The zero-order valence-electron chi connectivity index (χ0n) is 38.7. The van der Waals surface area contributed by atoms with Gasteiger partial charge in [0, 0.05) is 17.2 Å². The van der Waals surface area contributed by atoms with Crippen LogP contribution in [0.15, 0.2) is 157 Å². The van der Waals surface area contributed by atoms with Gasteiger partial charge in [0.05, 0.1) is 44.5 Å². The second-order valence-corrected chi connectivity index (χ2v) is 18.4. The summed E-state index contributed by atoms with van der Waals surface area (Å²) < 4.78 is 345. The van der Waals surface area contributed by atoms with Crippen LogP contribution in [0.4, 0.5) is 105 Å². The van der Waals surface area contributed by atoms with E-state index in [9.17, 15) is 105 Å². The quantitative estimate of drug-likeness (QED) is 0.0851. The number of aromatic nitrogens is 1. The van der Waals surface area contributed by atoms with Crippen LogP contribution in [-0.4, -0.2) is 6.15 Å². The average molecular weight is 1170 g/mol. The van der Waals surface area contributed by atoms with Crippen LogP contribution in [-0.2, 0) is 56.0 Å². The Bertz CT molecular complexity index is 3030. The normalized spacial score (nSPS) is 13.4. The molecule has 1 aromatic heterocycles. The first-order chi connectivity index (χ1) is 36.2. The van der Waals surface area contributed by atoms with Crippen LogP contribution in [0.2, 0.25) is 0 Å². The van der Waals surface area contributed by atoms with Crippen molar-refractivity contribution in [2.24, 2.45) is 0 Å². The van der Waals surface area contributed by atoms with E-state index in [1.807, 2.05) is 11.3 Å². The van der Waals surface area contributed by atoms with Gasteiger partial charge in [-0.15, -0.1) is 0 Å². The van der Waals surface area contributed by atoms with Crippen LogP contribution in [0, 0.1) is 0 Å². The third kappa shape index (κ3) is 13.1. The van der Waals surface area contributed by atoms with Gasteiger partial charge in [0.1, 0.15) is 10.8 Å². The number of hydrogen-bond donors (Lipinski definition) is 0. The number of thiazole rings is 1. The lowest BCUT2D eigenvalue weighted by atomic mass is 9.12. The summed E-state index contributed by atoms with van der Waals surface area (Å²) in [5.74, 6) is 0. The van der Waals surface area contributed by atoms with Crippen molar-refractivity contribution < 1.29 is 110 Å². The molecule has 1 nitrogen and oxygen atoms in total. The molecule has 0 unspecified atom stereocenters. The number of benzene rings is 7. The zero-order chi connectivity index (χ0) is 58.7. The van der Waals surface area contributed by atoms with E-state index in [0.717, 1.165) is 6.54 Å². The minimum absolute atomic E-state index is 0.691. The Balaban J connectivity index is 0.000000336. The van der Waals surface area contributed by atoms with E-state index < -0.39 is 195 Å².